The highest BCUT2D eigenvalue weighted by Gasteiger charge is 2.39. The molecule has 2 aliphatic heterocycles. The van der Waals surface area contributed by atoms with Gasteiger partial charge in [-0.05, 0) is 38.8 Å². The van der Waals surface area contributed by atoms with Crippen LogP contribution in [0.25, 0.3) is 0 Å². The molecule has 2 unspecified atom stereocenters. The van der Waals surface area contributed by atoms with Crippen LogP contribution in [-0.2, 0) is 0 Å². The molecule has 2 fully saturated rings. The Balaban J connectivity index is 2.01. The first-order chi connectivity index (χ1) is 6.87. The quantitative estimate of drug-likeness (QED) is 0.610. The second-order valence-electron chi connectivity index (χ2n) is 4.70. The second-order valence-corrected chi connectivity index (χ2v) is 4.70. The van der Waals surface area contributed by atoms with E-state index in [1.165, 1.54) is 32.1 Å². The van der Waals surface area contributed by atoms with Crippen molar-refractivity contribution < 1.29 is 5.11 Å². The Morgan fingerprint density at radius 3 is 2.57 bits per heavy atom. The summed E-state index contributed by atoms with van der Waals surface area (Å²) >= 11 is 0. The summed E-state index contributed by atoms with van der Waals surface area (Å²) in [6.45, 7) is 2.47. The van der Waals surface area contributed by atoms with E-state index in [2.05, 4.69) is 10.6 Å². The first kappa shape index (κ1) is 10.4. The summed E-state index contributed by atoms with van der Waals surface area (Å²) < 4.78 is 0. The van der Waals surface area contributed by atoms with Crippen molar-refractivity contribution in [3.05, 3.63) is 0 Å². The minimum Gasteiger partial charge on any atom is -0.394 e. The standard InChI is InChI=1S/C11H22N2O/c14-9-11(6-2-4-8-13-11)10-5-1-3-7-12-10/h10,12-14H,1-9H2. The maximum absolute atomic E-state index is 9.59. The molecule has 0 spiro atoms. The van der Waals surface area contributed by atoms with Gasteiger partial charge < -0.3 is 15.7 Å². The van der Waals surface area contributed by atoms with E-state index < -0.39 is 0 Å². The Labute approximate surface area is 86.3 Å². The fraction of sp³-hybridized carbons (Fsp3) is 1.00. The first-order valence-electron chi connectivity index (χ1n) is 5.97. The Bertz CT molecular complexity index is 172. The third kappa shape index (κ3) is 1.95. The van der Waals surface area contributed by atoms with Gasteiger partial charge in [0.05, 0.1) is 12.1 Å². The smallest absolute Gasteiger partial charge is 0.0628 e. The summed E-state index contributed by atoms with van der Waals surface area (Å²) in [6, 6.07) is 0.488. The molecule has 2 atom stereocenters. The molecule has 2 heterocycles. The summed E-state index contributed by atoms with van der Waals surface area (Å²) in [5, 5.41) is 16.7. The van der Waals surface area contributed by atoms with Crippen molar-refractivity contribution >= 4 is 0 Å². The average molecular weight is 198 g/mol. The van der Waals surface area contributed by atoms with E-state index in [1.54, 1.807) is 0 Å². The molecule has 0 saturated carbocycles. The van der Waals surface area contributed by atoms with Gasteiger partial charge in [0.15, 0.2) is 0 Å². The molecule has 3 nitrogen and oxygen atoms in total. The van der Waals surface area contributed by atoms with Gasteiger partial charge in [-0.25, -0.2) is 0 Å². The molecule has 0 aliphatic carbocycles. The van der Waals surface area contributed by atoms with Crippen molar-refractivity contribution in [2.75, 3.05) is 19.7 Å². The highest BCUT2D eigenvalue weighted by Crippen LogP contribution is 2.27. The van der Waals surface area contributed by atoms with Gasteiger partial charge in [-0.2, -0.15) is 0 Å². The van der Waals surface area contributed by atoms with E-state index in [0.29, 0.717) is 6.04 Å². The number of aliphatic hydroxyl groups excluding tert-OH is 1. The molecule has 2 saturated heterocycles. The number of nitrogens with one attached hydrogen (secondary N) is 2. The van der Waals surface area contributed by atoms with Crippen LogP contribution in [0.3, 0.4) is 0 Å². The molecule has 0 aromatic heterocycles. The monoisotopic (exact) mass is 198 g/mol. The van der Waals surface area contributed by atoms with E-state index >= 15 is 0 Å². The zero-order valence-electron chi connectivity index (χ0n) is 8.89. The van der Waals surface area contributed by atoms with Crippen LogP contribution in [0, 0.1) is 0 Å². The van der Waals surface area contributed by atoms with E-state index in [-0.39, 0.29) is 12.1 Å². The lowest BCUT2D eigenvalue weighted by Gasteiger charge is -2.45. The van der Waals surface area contributed by atoms with E-state index in [1.807, 2.05) is 0 Å². The summed E-state index contributed by atoms with van der Waals surface area (Å²) in [6.07, 6.45) is 7.45. The topological polar surface area (TPSA) is 44.3 Å². The summed E-state index contributed by atoms with van der Waals surface area (Å²) in [7, 11) is 0. The van der Waals surface area contributed by atoms with Gasteiger partial charge in [-0.15, -0.1) is 0 Å². The van der Waals surface area contributed by atoms with Crippen molar-refractivity contribution in [1.82, 2.24) is 10.6 Å². The van der Waals surface area contributed by atoms with Crippen LogP contribution >= 0.6 is 0 Å². The van der Waals surface area contributed by atoms with Crippen LogP contribution in [-0.4, -0.2) is 36.4 Å². The molecule has 0 amide bonds. The summed E-state index contributed by atoms with van der Waals surface area (Å²) in [5.74, 6) is 0. The van der Waals surface area contributed by atoms with E-state index in [9.17, 15) is 5.11 Å². The zero-order chi connectivity index (χ0) is 9.86. The predicted molar refractivity (Wildman–Crippen MR) is 57.3 cm³/mol. The zero-order valence-corrected chi connectivity index (χ0v) is 8.89. The lowest BCUT2D eigenvalue weighted by atomic mass is 9.79. The van der Waals surface area contributed by atoms with Crippen LogP contribution in [0.15, 0.2) is 0 Å². The Hall–Kier alpha value is -0.120. The number of piperidine rings is 2. The second kappa shape index (κ2) is 4.60. The molecule has 14 heavy (non-hydrogen) atoms. The maximum Gasteiger partial charge on any atom is 0.0628 e. The van der Waals surface area contributed by atoms with Gasteiger partial charge in [0.2, 0.25) is 0 Å². The maximum atomic E-state index is 9.59. The predicted octanol–water partition coefficient (Wildman–Crippen LogP) is 0.633. The van der Waals surface area contributed by atoms with Crippen LogP contribution in [0.2, 0.25) is 0 Å². The van der Waals surface area contributed by atoms with E-state index in [4.69, 9.17) is 0 Å². The lowest BCUT2D eigenvalue weighted by molar-refractivity contribution is 0.0828. The molecule has 82 valence electrons. The molecule has 2 aliphatic rings. The highest BCUT2D eigenvalue weighted by atomic mass is 16.3. The molecule has 2 rings (SSSR count). The number of rotatable bonds is 2. The van der Waals surface area contributed by atoms with Gasteiger partial charge in [0.1, 0.15) is 0 Å². The average Bonchev–Trinajstić information content (AvgIpc) is 2.31. The summed E-state index contributed by atoms with van der Waals surface area (Å²) in [4.78, 5) is 0. The van der Waals surface area contributed by atoms with Crippen molar-refractivity contribution in [2.24, 2.45) is 0 Å². The van der Waals surface area contributed by atoms with Crippen molar-refractivity contribution in [2.45, 2.75) is 50.1 Å². The third-order valence-corrected chi connectivity index (χ3v) is 3.79. The molecular weight excluding hydrogens is 176 g/mol. The molecule has 0 aromatic carbocycles. The normalized spacial score (nSPS) is 39.6. The van der Waals surface area contributed by atoms with Gasteiger partial charge in [0.25, 0.3) is 0 Å². The molecule has 0 bridgehead atoms. The SMILES string of the molecule is OCC1(C2CCCCN2)CCCCN1. The van der Waals surface area contributed by atoms with E-state index in [0.717, 1.165) is 19.5 Å². The lowest BCUT2D eigenvalue weighted by Crippen LogP contribution is -2.64. The van der Waals surface area contributed by atoms with Crippen molar-refractivity contribution in [3.63, 3.8) is 0 Å². The van der Waals surface area contributed by atoms with Crippen molar-refractivity contribution in [1.29, 1.82) is 0 Å². The largest absolute Gasteiger partial charge is 0.394 e. The van der Waals surface area contributed by atoms with Crippen LogP contribution in [0.1, 0.15) is 38.5 Å². The van der Waals surface area contributed by atoms with Crippen LogP contribution < -0.4 is 10.6 Å². The number of aliphatic hydroxyl groups is 1. The van der Waals surface area contributed by atoms with Gasteiger partial charge in [-0.1, -0.05) is 12.8 Å². The Morgan fingerprint density at radius 2 is 2.00 bits per heavy atom. The molecule has 3 N–H and O–H groups in total. The van der Waals surface area contributed by atoms with Crippen LogP contribution in [0.5, 0.6) is 0 Å². The first-order valence-corrected chi connectivity index (χ1v) is 5.97. The molecular formula is C11H22N2O. The highest BCUT2D eigenvalue weighted by molar-refractivity contribution is 5.01. The number of hydrogen-bond donors (Lipinski definition) is 3. The number of hydrogen-bond acceptors (Lipinski definition) is 3. The Kier molecular flexibility index (Phi) is 3.42. The van der Waals surface area contributed by atoms with Gasteiger partial charge >= 0.3 is 0 Å². The third-order valence-electron chi connectivity index (χ3n) is 3.79. The summed E-state index contributed by atoms with van der Waals surface area (Å²) in [5.41, 5.74) is -0.0152. The fourth-order valence-electron chi connectivity index (χ4n) is 2.86. The van der Waals surface area contributed by atoms with Crippen LogP contribution in [0.4, 0.5) is 0 Å². The molecule has 0 aromatic rings. The minimum absolute atomic E-state index is 0.0152. The Morgan fingerprint density at radius 1 is 1.14 bits per heavy atom. The molecule has 3 heteroatoms. The fourth-order valence-corrected chi connectivity index (χ4v) is 2.86. The van der Waals surface area contributed by atoms with Gasteiger partial charge in [-0.3, -0.25) is 0 Å². The minimum atomic E-state index is -0.0152. The van der Waals surface area contributed by atoms with Gasteiger partial charge in [0, 0.05) is 6.04 Å². The molecule has 0 radical (unpaired) electrons. The van der Waals surface area contributed by atoms with Crippen molar-refractivity contribution in [3.8, 4) is 0 Å².